The van der Waals surface area contributed by atoms with Gasteiger partial charge >= 0.3 is 5.69 Å². The molecular weight excluding hydrogens is 272 g/mol. The van der Waals surface area contributed by atoms with Crippen molar-refractivity contribution in [2.75, 3.05) is 0 Å². The first-order valence-electron chi connectivity index (χ1n) is 9.00. The fourth-order valence-corrected chi connectivity index (χ4v) is 3.05. The first-order valence-corrected chi connectivity index (χ1v) is 9.00. The number of hydrogen-bond acceptors (Lipinski definition) is 1. The Bertz CT molecular complexity index is 597. The number of hydrogen-bond donors (Lipinski definition) is 2. The maximum Gasteiger partial charge on any atom is 0.323 e. The van der Waals surface area contributed by atoms with Gasteiger partial charge in [-0.3, -0.25) is 0 Å². The van der Waals surface area contributed by atoms with Crippen molar-refractivity contribution in [1.29, 1.82) is 0 Å². The molecule has 0 amide bonds. The lowest BCUT2D eigenvalue weighted by Crippen LogP contribution is -1.99. The van der Waals surface area contributed by atoms with Crippen LogP contribution in [0, 0.1) is 0 Å². The summed E-state index contributed by atoms with van der Waals surface area (Å²) in [5.74, 6) is 0. The standard InChI is InChI=1S/C19H30N2O/c1-2-3-4-5-6-7-8-9-10-11-12-16-13-14-17-18(15-16)21-19(22)20-17/h13-15H,2-12H2,1H3,(H2,20,21,22). The third-order valence-corrected chi connectivity index (χ3v) is 4.40. The van der Waals surface area contributed by atoms with Crippen molar-refractivity contribution in [1.82, 2.24) is 9.97 Å². The molecule has 22 heavy (non-hydrogen) atoms. The van der Waals surface area contributed by atoms with Gasteiger partial charge in [0.15, 0.2) is 0 Å². The summed E-state index contributed by atoms with van der Waals surface area (Å²) >= 11 is 0. The molecule has 0 bridgehead atoms. The van der Waals surface area contributed by atoms with E-state index in [2.05, 4.69) is 29.0 Å². The number of aromatic amines is 2. The van der Waals surface area contributed by atoms with Crippen LogP contribution in [0.4, 0.5) is 0 Å². The zero-order valence-corrected chi connectivity index (χ0v) is 13.9. The molecule has 2 aromatic rings. The number of aryl methyl sites for hydroxylation is 1. The highest BCUT2D eigenvalue weighted by atomic mass is 16.1. The predicted octanol–water partition coefficient (Wildman–Crippen LogP) is 5.32. The summed E-state index contributed by atoms with van der Waals surface area (Å²) in [6.07, 6.45) is 14.8. The Hall–Kier alpha value is -1.51. The van der Waals surface area contributed by atoms with Gasteiger partial charge in [-0.05, 0) is 30.5 Å². The predicted molar refractivity (Wildman–Crippen MR) is 94.5 cm³/mol. The van der Waals surface area contributed by atoms with Crippen LogP contribution in [0.3, 0.4) is 0 Å². The summed E-state index contributed by atoms with van der Waals surface area (Å²) in [7, 11) is 0. The first-order chi connectivity index (χ1) is 10.8. The van der Waals surface area contributed by atoms with Gasteiger partial charge in [0.1, 0.15) is 0 Å². The average molecular weight is 302 g/mol. The lowest BCUT2D eigenvalue weighted by atomic mass is 10.0. The van der Waals surface area contributed by atoms with E-state index >= 15 is 0 Å². The second-order valence-corrected chi connectivity index (χ2v) is 6.39. The maximum absolute atomic E-state index is 11.2. The molecule has 3 heteroatoms. The third-order valence-electron chi connectivity index (χ3n) is 4.40. The minimum atomic E-state index is -0.119. The quantitative estimate of drug-likeness (QED) is 0.542. The van der Waals surface area contributed by atoms with E-state index in [1.165, 1.54) is 69.8 Å². The highest BCUT2D eigenvalue weighted by Crippen LogP contribution is 2.15. The molecule has 0 atom stereocenters. The smallest absolute Gasteiger partial charge is 0.306 e. The van der Waals surface area contributed by atoms with Gasteiger partial charge in [0.2, 0.25) is 0 Å². The fourth-order valence-electron chi connectivity index (χ4n) is 3.05. The van der Waals surface area contributed by atoms with Crippen molar-refractivity contribution in [2.24, 2.45) is 0 Å². The van der Waals surface area contributed by atoms with Crippen LogP contribution in [0.2, 0.25) is 0 Å². The second-order valence-electron chi connectivity index (χ2n) is 6.39. The van der Waals surface area contributed by atoms with Crippen molar-refractivity contribution >= 4 is 11.0 Å². The van der Waals surface area contributed by atoms with E-state index in [-0.39, 0.29) is 5.69 Å². The van der Waals surface area contributed by atoms with Crippen LogP contribution in [0.25, 0.3) is 11.0 Å². The topological polar surface area (TPSA) is 48.6 Å². The summed E-state index contributed by atoms with van der Waals surface area (Å²) in [4.78, 5) is 16.8. The zero-order valence-electron chi connectivity index (χ0n) is 13.9. The molecule has 122 valence electrons. The van der Waals surface area contributed by atoms with E-state index in [9.17, 15) is 4.79 Å². The molecule has 1 aromatic carbocycles. The molecule has 0 saturated carbocycles. The van der Waals surface area contributed by atoms with E-state index < -0.39 is 0 Å². The number of benzene rings is 1. The normalized spacial score (nSPS) is 11.3. The second kappa shape index (κ2) is 9.50. The van der Waals surface area contributed by atoms with Gasteiger partial charge in [0.05, 0.1) is 11.0 Å². The number of fused-ring (bicyclic) bond motifs is 1. The highest BCUT2D eigenvalue weighted by Gasteiger charge is 2.00. The molecule has 2 rings (SSSR count). The first kappa shape index (κ1) is 16.9. The van der Waals surface area contributed by atoms with Gasteiger partial charge in [-0.25, -0.2) is 4.79 Å². The molecule has 1 heterocycles. The Balaban J connectivity index is 1.55. The largest absolute Gasteiger partial charge is 0.323 e. The van der Waals surface area contributed by atoms with Gasteiger partial charge in [0, 0.05) is 0 Å². The zero-order chi connectivity index (χ0) is 15.6. The molecule has 0 unspecified atom stereocenters. The number of aromatic nitrogens is 2. The van der Waals surface area contributed by atoms with Crippen molar-refractivity contribution in [3.63, 3.8) is 0 Å². The van der Waals surface area contributed by atoms with Crippen molar-refractivity contribution in [3.05, 3.63) is 34.2 Å². The van der Waals surface area contributed by atoms with Crippen LogP contribution in [0.15, 0.2) is 23.0 Å². The van der Waals surface area contributed by atoms with Gasteiger partial charge < -0.3 is 9.97 Å². The molecule has 0 fully saturated rings. The molecule has 0 aliphatic rings. The number of nitrogens with one attached hydrogen (secondary N) is 2. The lowest BCUT2D eigenvalue weighted by Gasteiger charge is -2.03. The molecule has 0 radical (unpaired) electrons. The Morgan fingerprint density at radius 3 is 2.05 bits per heavy atom. The van der Waals surface area contributed by atoms with Crippen molar-refractivity contribution in [2.45, 2.75) is 77.6 Å². The minimum Gasteiger partial charge on any atom is -0.306 e. The number of unbranched alkanes of at least 4 members (excludes halogenated alkanes) is 9. The summed E-state index contributed by atoms with van der Waals surface area (Å²) in [5.41, 5.74) is 3.03. The van der Waals surface area contributed by atoms with Crippen molar-refractivity contribution < 1.29 is 0 Å². The molecule has 0 saturated heterocycles. The Kier molecular flexibility index (Phi) is 7.27. The maximum atomic E-state index is 11.2. The molecule has 3 nitrogen and oxygen atoms in total. The van der Waals surface area contributed by atoms with E-state index in [0.29, 0.717) is 0 Å². The summed E-state index contributed by atoms with van der Waals surface area (Å²) in [5, 5.41) is 0. The van der Waals surface area contributed by atoms with Crippen molar-refractivity contribution in [3.8, 4) is 0 Å². The van der Waals surface area contributed by atoms with Crippen LogP contribution in [-0.2, 0) is 6.42 Å². The molecule has 0 aliphatic carbocycles. The highest BCUT2D eigenvalue weighted by molar-refractivity contribution is 5.74. The van der Waals surface area contributed by atoms with Crippen LogP contribution in [-0.4, -0.2) is 9.97 Å². The third kappa shape index (κ3) is 5.70. The van der Waals surface area contributed by atoms with Crippen LogP contribution < -0.4 is 5.69 Å². The van der Waals surface area contributed by atoms with E-state index in [4.69, 9.17) is 0 Å². The van der Waals surface area contributed by atoms with Gasteiger partial charge in [-0.1, -0.05) is 70.8 Å². The molecule has 2 N–H and O–H groups in total. The molecule has 0 spiro atoms. The number of rotatable bonds is 11. The summed E-state index contributed by atoms with van der Waals surface area (Å²) < 4.78 is 0. The monoisotopic (exact) mass is 302 g/mol. The van der Waals surface area contributed by atoms with Crippen LogP contribution >= 0.6 is 0 Å². The Morgan fingerprint density at radius 2 is 1.36 bits per heavy atom. The molecular formula is C19H30N2O. The Morgan fingerprint density at radius 1 is 0.773 bits per heavy atom. The van der Waals surface area contributed by atoms with E-state index in [0.717, 1.165) is 17.5 Å². The summed E-state index contributed by atoms with van der Waals surface area (Å²) in [6.45, 7) is 2.27. The van der Waals surface area contributed by atoms with Gasteiger partial charge in [-0.15, -0.1) is 0 Å². The van der Waals surface area contributed by atoms with E-state index in [1.54, 1.807) is 0 Å². The fraction of sp³-hybridized carbons (Fsp3) is 0.632. The van der Waals surface area contributed by atoms with Gasteiger partial charge in [0.25, 0.3) is 0 Å². The van der Waals surface area contributed by atoms with Crippen LogP contribution in [0.1, 0.15) is 76.7 Å². The van der Waals surface area contributed by atoms with Gasteiger partial charge in [-0.2, -0.15) is 0 Å². The Labute approximate surface area is 133 Å². The molecule has 1 aromatic heterocycles. The van der Waals surface area contributed by atoms with E-state index in [1.807, 2.05) is 6.07 Å². The summed E-state index contributed by atoms with van der Waals surface area (Å²) in [6, 6.07) is 6.22. The average Bonchev–Trinajstić information content (AvgIpc) is 2.88. The SMILES string of the molecule is CCCCCCCCCCCCc1ccc2[nH]c(=O)[nH]c2c1. The number of H-pyrrole nitrogens is 2. The lowest BCUT2D eigenvalue weighted by molar-refractivity contribution is 0.556. The number of imidazole rings is 1. The van der Waals surface area contributed by atoms with Crippen LogP contribution in [0.5, 0.6) is 0 Å². The molecule has 0 aliphatic heterocycles. The minimum absolute atomic E-state index is 0.119.